The molecule has 0 bridgehead atoms. The Morgan fingerprint density at radius 2 is 2.23 bits per heavy atom. The van der Waals surface area contributed by atoms with E-state index in [9.17, 15) is 9.18 Å². The van der Waals surface area contributed by atoms with Crippen LogP contribution in [0.25, 0.3) is 0 Å². The van der Waals surface area contributed by atoms with Crippen molar-refractivity contribution in [3.63, 3.8) is 0 Å². The van der Waals surface area contributed by atoms with Gasteiger partial charge in [-0.15, -0.1) is 0 Å². The fourth-order valence-electron chi connectivity index (χ4n) is 0.831. The molecule has 0 radical (unpaired) electrons. The molecule has 0 saturated heterocycles. The first kappa shape index (κ1) is 11.9. The summed E-state index contributed by atoms with van der Waals surface area (Å²) in [6, 6.07) is 0. The van der Waals surface area contributed by atoms with Crippen LogP contribution in [0, 0.1) is 0 Å². The number of halogens is 1. The van der Waals surface area contributed by atoms with Crippen molar-refractivity contribution in [2.24, 2.45) is 5.73 Å². The second-order valence-electron chi connectivity index (χ2n) is 2.65. The lowest BCUT2D eigenvalue weighted by Crippen LogP contribution is -2.15. The predicted octanol–water partition coefficient (Wildman–Crippen LogP) is 1.53. The molecule has 0 rings (SSSR count). The molecule has 0 aromatic rings. The van der Waals surface area contributed by atoms with Crippen molar-refractivity contribution in [2.75, 3.05) is 6.61 Å². The molecule has 0 aliphatic heterocycles. The van der Waals surface area contributed by atoms with Gasteiger partial charge in [0.05, 0.1) is 12.3 Å². The van der Waals surface area contributed by atoms with Crippen molar-refractivity contribution in [3.8, 4) is 0 Å². The number of carbonyl (C=O) groups excluding carboxylic acids is 1. The summed E-state index contributed by atoms with van der Waals surface area (Å²) in [6.07, 6.45) is 0.791. The Labute approximate surface area is 77.7 Å². The lowest BCUT2D eigenvalue weighted by atomic mass is 10.2. The van der Waals surface area contributed by atoms with Gasteiger partial charge in [-0.25, -0.2) is 9.18 Å². The number of hydrogen-bond acceptors (Lipinski definition) is 3. The second-order valence-corrected chi connectivity index (χ2v) is 2.65. The Balaban J connectivity index is 4.05. The van der Waals surface area contributed by atoms with Crippen molar-refractivity contribution in [1.29, 1.82) is 0 Å². The number of esters is 1. The van der Waals surface area contributed by atoms with Crippen LogP contribution in [0.4, 0.5) is 4.39 Å². The molecule has 0 saturated carbocycles. The number of nitrogens with two attached hydrogens (primary N) is 1. The highest BCUT2D eigenvalue weighted by molar-refractivity contribution is 5.82. The lowest BCUT2D eigenvalue weighted by molar-refractivity contribution is -0.137. The molecule has 0 aliphatic carbocycles. The van der Waals surface area contributed by atoms with Crippen LogP contribution in [0.1, 0.15) is 26.7 Å². The molecule has 0 fully saturated rings. The first-order chi connectivity index (χ1) is 6.11. The van der Waals surface area contributed by atoms with E-state index in [0.29, 0.717) is 12.8 Å². The van der Waals surface area contributed by atoms with E-state index in [0.717, 1.165) is 6.08 Å². The first-order valence-corrected chi connectivity index (χ1v) is 4.39. The third kappa shape index (κ3) is 5.22. The molecule has 0 aromatic heterocycles. The predicted molar refractivity (Wildman–Crippen MR) is 48.7 cm³/mol. The van der Waals surface area contributed by atoms with E-state index < -0.39 is 12.1 Å². The highest BCUT2D eigenvalue weighted by Gasteiger charge is 2.10. The topological polar surface area (TPSA) is 52.3 Å². The van der Waals surface area contributed by atoms with Gasteiger partial charge in [-0.3, -0.25) is 0 Å². The Kier molecular flexibility index (Phi) is 5.93. The van der Waals surface area contributed by atoms with Crippen molar-refractivity contribution in [1.82, 2.24) is 0 Å². The highest BCUT2D eigenvalue weighted by atomic mass is 19.1. The highest BCUT2D eigenvalue weighted by Crippen LogP contribution is 2.07. The summed E-state index contributed by atoms with van der Waals surface area (Å²) >= 11 is 0. The molecule has 4 heteroatoms. The average molecular weight is 189 g/mol. The fraction of sp³-hybridized carbons (Fsp3) is 0.667. The average Bonchev–Trinajstić information content (AvgIpc) is 2.05. The Morgan fingerprint density at radius 3 is 2.69 bits per heavy atom. The number of carbonyl (C=O) groups is 1. The van der Waals surface area contributed by atoms with Crippen molar-refractivity contribution >= 4 is 5.97 Å². The number of allylic oxidation sites excluding steroid dienone is 1. The van der Waals surface area contributed by atoms with Gasteiger partial charge < -0.3 is 10.5 Å². The van der Waals surface area contributed by atoms with Crippen LogP contribution in [-0.2, 0) is 9.53 Å². The van der Waals surface area contributed by atoms with Crippen molar-refractivity contribution in [3.05, 3.63) is 11.8 Å². The first-order valence-electron chi connectivity index (χ1n) is 4.39. The van der Waals surface area contributed by atoms with Crippen LogP contribution in [0.5, 0.6) is 0 Å². The van der Waals surface area contributed by atoms with Crippen molar-refractivity contribution in [2.45, 2.75) is 32.9 Å². The maximum Gasteiger partial charge on any atom is 0.332 e. The molecular formula is C9H16FNO2. The zero-order valence-electron chi connectivity index (χ0n) is 8.05. The van der Waals surface area contributed by atoms with Crippen LogP contribution in [0.3, 0.4) is 0 Å². The smallest absolute Gasteiger partial charge is 0.332 e. The summed E-state index contributed by atoms with van der Waals surface area (Å²) in [5.41, 5.74) is 5.26. The lowest BCUT2D eigenvalue weighted by Gasteiger charge is -2.06. The van der Waals surface area contributed by atoms with Crippen LogP contribution < -0.4 is 5.73 Å². The van der Waals surface area contributed by atoms with Gasteiger partial charge in [0.1, 0.15) is 6.17 Å². The summed E-state index contributed by atoms with van der Waals surface area (Å²) in [6.45, 7) is 3.80. The minimum Gasteiger partial charge on any atom is -0.463 e. The van der Waals surface area contributed by atoms with Gasteiger partial charge >= 0.3 is 5.97 Å². The molecule has 0 aliphatic rings. The Hall–Kier alpha value is -1.06. The number of hydrogen-bond donors (Lipinski definition) is 1. The van der Waals surface area contributed by atoms with E-state index in [1.807, 2.05) is 6.92 Å². The van der Waals surface area contributed by atoms with E-state index in [2.05, 4.69) is 4.74 Å². The minimum atomic E-state index is -1.24. The third-order valence-electron chi connectivity index (χ3n) is 1.47. The van der Waals surface area contributed by atoms with E-state index >= 15 is 0 Å². The van der Waals surface area contributed by atoms with Crippen LogP contribution in [0.15, 0.2) is 11.8 Å². The molecule has 0 amide bonds. The zero-order valence-corrected chi connectivity index (χ0v) is 8.05. The van der Waals surface area contributed by atoms with E-state index in [4.69, 9.17) is 5.73 Å². The van der Waals surface area contributed by atoms with Gasteiger partial charge in [-0.2, -0.15) is 0 Å². The number of ether oxygens (including phenoxy) is 1. The molecule has 1 atom stereocenters. The molecule has 76 valence electrons. The van der Waals surface area contributed by atoms with Gasteiger partial charge in [0.2, 0.25) is 0 Å². The number of rotatable bonds is 5. The van der Waals surface area contributed by atoms with E-state index in [1.165, 1.54) is 0 Å². The molecule has 13 heavy (non-hydrogen) atoms. The molecule has 1 unspecified atom stereocenters. The summed E-state index contributed by atoms with van der Waals surface area (Å²) in [4.78, 5) is 10.8. The van der Waals surface area contributed by atoms with Gasteiger partial charge in [-0.1, -0.05) is 13.3 Å². The summed E-state index contributed by atoms with van der Waals surface area (Å²) < 4.78 is 17.6. The van der Waals surface area contributed by atoms with Crippen LogP contribution >= 0.6 is 0 Å². The SMILES string of the molecule is CCCC(F)C(N)=CC(=O)OCC. The summed E-state index contributed by atoms with van der Waals surface area (Å²) in [7, 11) is 0. The zero-order chi connectivity index (χ0) is 10.3. The van der Waals surface area contributed by atoms with Crippen LogP contribution in [-0.4, -0.2) is 18.7 Å². The van der Waals surface area contributed by atoms with Gasteiger partial charge in [0.25, 0.3) is 0 Å². The standard InChI is InChI=1S/C9H16FNO2/c1-3-5-7(10)8(11)6-9(12)13-4-2/h6-7H,3-5,11H2,1-2H3. The molecule has 3 nitrogen and oxygen atoms in total. The van der Waals surface area contributed by atoms with Crippen LogP contribution in [0.2, 0.25) is 0 Å². The van der Waals surface area contributed by atoms with E-state index in [1.54, 1.807) is 6.92 Å². The molecular weight excluding hydrogens is 173 g/mol. The quantitative estimate of drug-likeness (QED) is 0.527. The molecule has 0 spiro atoms. The van der Waals surface area contributed by atoms with Gasteiger partial charge in [0, 0.05) is 6.08 Å². The summed E-state index contributed by atoms with van der Waals surface area (Å²) in [5, 5.41) is 0. The Morgan fingerprint density at radius 1 is 1.62 bits per heavy atom. The molecule has 0 aromatic carbocycles. The third-order valence-corrected chi connectivity index (χ3v) is 1.47. The minimum absolute atomic E-state index is 0.0553. The maximum absolute atomic E-state index is 13.0. The van der Waals surface area contributed by atoms with Gasteiger partial charge in [0.15, 0.2) is 0 Å². The fourth-order valence-corrected chi connectivity index (χ4v) is 0.831. The normalized spacial score (nSPS) is 13.9. The summed E-state index contributed by atoms with van der Waals surface area (Å²) in [5.74, 6) is -0.584. The molecule has 2 N–H and O–H groups in total. The maximum atomic E-state index is 13.0. The molecule has 0 heterocycles. The van der Waals surface area contributed by atoms with E-state index in [-0.39, 0.29) is 12.3 Å². The largest absolute Gasteiger partial charge is 0.463 e. The second kappa shape index (κ2) is 6.46. The Bertz CT molecular complexity index is 192. The monoisotopic (exact) mass is 189 g/mol. The van der Waals surface area contributed by atoms with Crippen molar-refractivity contribution < 1.29 is 13.9 Å². The van der Waals surface area contributed by atoms with Gasteiger partial charge in [-0.05, 0) is 13.3 Å². The number of alkyl halides is 1.